The van der Waals surface area contributed by atoms with Crippen molar-refractivity contribution in [2.75, 3.05) is 6.54 Å². The number of imidazole rings is 1. The molecule has 7 nitrogen and oxygen atoms in total. The van der Waals surface area contributed by atoms with E-state index in [0.717, 1.165) is 0 Å². The standard InChI is InChI=1S/C13H13N3O4/c17-11-4-2-8(6-14-11)16-10-3-1-7(12(18)19)5-9(10)15-13(16)20/h1,3,5,8H,2,4,6H2,(H,14,17)(H,15,20)(H,18,19). The average Bonchev–Trinajstić information content (AvgIpc) is 2.74. The Labute approximate surface area is 113 Å². The van der Waals surface area contributed by atoms with Crippen molar-refractivity contribution in [2.45, 2.75) is 18.9 Å². The van der Waals surface area contributed by atoms with E-state index in [-0.39, 0.29) is 23.2 Å². The molecule has 3 N–H and O–H groups in total. The number of carboxylic acids is 1. The lowest BCUT2D eigenvalue weighted by molar-refractivity contribution is -0.122. The number of fused-ring (bicyclic) bond motifs is 1. The lowest BCUT2D eigenvalue weighted by Gasteiger charge is -2.23. The molecule has 0 aliphatic carbocycles. The summed E-state index contributed by atoms with van der Waals surface area (Å²) in [6.45, 7) is 0.409. The second-order valence-corrected chi connectivity index (χ2v) is 4.83. The molecule has 1 unspecified atom stereocenters. The van der Waals surface area contributed by atoms with E-state index in [1.807, 2.05) is 0 Å². The highest BCUT2D eigenvalue weighted by Crippen LogP contribution is 2.21. The molecule has 2 heterocycles. The maximum atomic E-state index is 12.0. The Morgan fingerprint density at radius 2 is 2.15 bits per heavy atom. The number of nitrogens with one attached hydrogen (secondary N) is 2. The molecule has 104 valence electrons. The van der Waals surface area contributed by atoms with Gasteiger partial charge in [-0.1, -0.05) is 0 Å². The summed E-state index contributed by atoms with van der Waals surface area (Å²) in [4.78, 5) is 36.8. The number of carboxylic acid groups (broad SMARTS) is 1. The van der Waals surface area contributed by atoms with Crippen molar-refractivity contribution in [3.8, 4) is 0 Å². The number of hydrogen-bond acceptors (Lipinski definition) is 3. The van der Waals surface area contributed by atoms with Crippen LogP contribution in [0.25, 0.3) is 11.0 Å². The third-order valence-electron chi connectivity index (χ3n) is 3.57. The minimum absolute atomic E-state index is 0.0118. The lowest BCUT2D eigenvalue weighted by Crippen LogP contribution is -2.38. The molecule has 1 aromatic heterocycles. The van der Waals surface area contributed by atoms with Gasteiger partial charge in [-0.25, -0.2) is 9.59 Å². The minimum Gasteiger partial charge on any atom is -0.478 e. The van der Waals surface area contributed by atoms with Crippen molar-refractivity contribution in [3.63, 3.8) is 0 Å². The SMILES string of the molecule is O=C1CCC(n2c(=O)[nH]c3cc(C(=O)O)ccc32)CN1. The number of aromatic carboxylic acids is 1. The van der Waals surface area contributed by atoms with Crippen LogP contribution in [-0.2, 0) is 4.79 Å². The Morgan fingerprint density at radius 3 is 2.80 bits per heavy atom. The van der Waals surface area contributed by atoms with E-state index in [0.29, 0.717) is 30.4 Å². The molecule has 1 aliphatic rings. The predicted molar refractivity (Wildman–Crippen MR) is 70.8 cm³/mol. The Bertz CT molecular complexity index is 749. The normalized spacial score (nSPS) is 19.0. The molecule has 1 atom stereocenters. The molecule has 0 bridgehead atoms. The zero-order chi connectivity index (χ0) is 14.3. The van der Waals surface area contributed by atoms with Crippen LogP contribution in [-0.4, -0.2) is 33.1 Å². The molecule has 1 fully saturated rings. The van der Waals surface area contributed by atoms with Crippen LogP contribution in [0.4, 0.5) is 0 Å². The molecule has 1 saturated heterocycles. The van der Waals surface area contributed by atoms with Gasteiger partial charge < -0.3 is 15.4 Å². The fraction of sp³-hybridized carbons (Fsp3) is 0.308. The molecule has 1 aromatic carbocycles. The lowest BCUT2D eigenvalue weighted by atomic mass is 10.1. The first-order valence-corrected chi connectivity index (χ1v) is 6.30. The number of hydrogen-bond donors (Lipinski definition) is 3. The third-order valence-corrected chi connectivity index (χ3v) is 3.57. The Morgan fingerprint density at radius 1 is 1.35 bits per heavy atom. The summed E-state index contributed by atoms with van der Waals surface area (Å²) in [7, 11) is 0. The first-order chi connectivity index (χ1) is 9.56. The fourth-order valence-corrected chi connectivity index (χ4v) is 2.57. The number of aromatic amines is 1. The number of carbonyl (C=O) groups is 2. The van der Waals surface area contributed by atoms with Crippen LogP contribution in [0.15, 0.2) is 23.0 Å². The summed E-state index contributed by atoms with van der Waals surface area (Å²) in [5.41, 5.74) is 0.986. The van der Waals surface area contributed by atoms with Gasteiger partial charge in [-0.15, -0.1) is 0 Å². The van der Waals surface area contributed by atoms with Gasteiger partial charge in [-0.3, -0.25) is 9.36 Å². The highest BCUT2D eigenvalue weighted by atomic mass is 16.4. The van der Waals surface area contributed by atoms with Gasteiger partial charge in [0.05, 0.1) is 22.6 Å². The van der Waals surface area contributed by atoms with Gasteiger partial charge in [0.1, 0.15) is 0 Å². The first-order valence-electron chi connectivity index (χ1n) is 6.30. The van der Waals surface area contributed by atoms with Crippen LogP contribution in [0.2, 0.25) is 0 Å². The number of nitrogens with zero attached hydrogens (tertiary/aromatic N) is 1. The van der Waals surface area contributed by atoms with Crippen molar-refractivity contribution in [1.82, 2.24) is 14.9 Å². The second-order valence-electron chi connectivity index (χ2n) is 4.83. The van der Waals surface area contributed by atoms with Gasteiger partial charge in [-0.05, 0) is 24.6 Å². The molecule has 2 aromatic rings. The van der Waals surface area contributed by atoms with Crippen LogP contribution >= 0.6 is 0 Å². The maximum absolute atomic E-state index is 12.0. The van der Waals surface area contributed by atoms with Gasteiger partial charge in [0.25, 0.3) is 0 Å². The Kier molecular flexibility index (Phi) is 2.81. The van der Waals surface area contributed by atoms with E-state index in [1.165, 1.54) is 12.1 Å². The number of piperidine rings is 1. The summed E-state index contributed by atoms with van der Waals surface area (Å²) < 4.78 is 1.58. The smallest absolute Gasteiger partial charge is 0.335 e. The molecular formula is C13H13N3O4. The van der Waals surface area contributed by atoms with Crippen LogP contribution in [0.3, 0.4) is 0 Å². The first kappa shape index (κ1) is 12.5. The number of H-pyrrole nitrogens is 1. The topological polar surface area (TPSA) is 104 Å². The quantitative estimate of drug-likeness (QED) is 0.741. The van der Waals surface area contributed by atoms with E-state index in [1.54, 1.807) is 10.6 Å². The minimum atomic E-state index is -1.04. The zero-order valence-corrected chi connectivity index (χ0v) is 10.5. The predicted octanol–water partition coefficient (Wildman–Crippen LogP) is 0.479. The third kappa shape index (κ3) is 1.97. The molecule has 0 saturated carbocycles. The number of aromatic nitrogens is 2. The molecule has 3 rings (SSSR count). The van der Waals surface area contributed by atoms with Crippen molar-refractivity contribution in [2.24, 2.45) is 0 Å². The van der Waals surface area contributed by atoms with E-state index in [4.69, 9.17) is 5.11 Å². The highest BCUT2D eigenvalue weighted by Gasteiger charge is 2.23. The number of benzene rings is 1. The highest BCUT2D eigenvalue weighted by molar-refractivity contribution is 5.92. The van der Waals surface area contributed by atoms with E-state index in [9.17, 15) is 14.4 Å². The maximum Gasteiger partial charge on any atom is 0.335 e. The van der Waals surface area contributed by atoms with Crippen molar-refractivity contribution < 1.29 is 14.7 Å². The van der Waals surface area contributed by atoms with Crippen molar-refractivity contribution >= 4 is 22.9 Å². The molecule has 1 amide bonds. The van der Waals surface area contributed by atoms with Gasteiger partial charge in [-0.2, -0.15) is 0 Å². The van der Waals surface area contributed by atoms with Crippen LogP contribution in [0.1, 0.15) is 29.2 Å². The van der Waals surface area contributed by atoms with Gasteiger partial charge in [0.15, 0.2) is 0 Å². The van der Waals surface area contributed by atoms with Crippen LogP contribution in [0, 0.1) is 0 Å². The van der Waals surface area contributed by atoms with Gasteiger partial charge >= 0.3 is 11.7 Å². The molecule has 1 aliphatic heterocycles. The summed E-state index contributed by atoms with van der Waals surface area (Å²) in [5, 5.41) is 11.7. The van der Waals surface area contributed by atoms with Crippen molar-refractivity contribution in [3.05, 3.63) is 34.2 Å². The number of rotatable bonds is 2. The fourth-order valence-electron chi connectivity index (χ4n) is 2.57. The zero-order valence-electron chi connectivity index (χ0n) is 10.5. The molecule has 20 heavy (non-hydrogen) atoms. The largest absolute Gasteiger partial charge is 0.478 e. The summed E-state index contributed by atoms with van der Waals surface area (Å²) in [6.07, 6.45) is 0.983. The second kappa shape index (κ2) is 4.52. The van der Waals surface area contributed by atoms with E-state index < -0.39 is 5.97 Å². The van der Waals surface area contributed by atoms with E-state index in [2.05, 4.69) is 10.3 Å². The monoisotopic (exact) mass is 275 g/mol. The van der Waals surface area contributed by atoms with Gasteiger partial charge in [0.2, 0.25) is 5.91 Å². The molecule has 0 radical (unpaired) electrons. The Balaban J connectivity index is 2.07. The average molecular weight is 275 g/mol. The molecule has 7 heteroatoms. The van der Waals surface area contributed by atoms with Crippen molar-refractivity contribution in [1.29, 1.82) is 0 Å². The number of amides is 1. The Hall–Kier alpha value is -2.57. The molecular weight excluding hydrogens is 262 g/mol. The van der Waals surface area contributed by atoms with Gasteiger partial charge in [0, 0.05) is 13.0 Å². The molecule has 0 spiro atoms. The van der Waals surface area contributed by atoms with Crippen LogP contribution < -0.4 is 11.0 Å². The summed E-state index contributed by atoms with van der Waals surface area (Å²) in [5.74, 6) is -1.05. The summed E-state index contributed by atoms with van der Waals surface area (Å²) >= 11 is 0. The summed E-state index contributed by atoms with van der Waals surface area (Å²) in [6, 6.07) is 4.42. The van der Waals surface area contributed by atoms with E-state index >= 15 is 0 Å². The van der Waals surface area contributed by atoms with Crippen LogP contribution in [0.5, 0.6) is 0 Å². The number of carbonyl (C=O) groups excluding carboxylic acids is 1.